The molecule has 40 heavy (non-hydrogen) atoms. The summed E-state index contributed by atoms with van der Waals surface area (Å²) in [5, 5.41) is 8.90. The Morgan fingerprint density at radius 2 is 1.77 bits per heavy atom. The summed E-state index contributed by atoms with van der Waals surface area (Å²) in [6, 6.07) is 12.7. The maximum absolute atomic E-state index is 13.7. The lowest BCUT2D eigenvalue weighted by atomic mass is 10.0. The molecule has 214 valence electrons. The van der Waals surface area contributed by atoms with Gasteiger partial charge < -0.3 is 19.8 Å². The maximum atomic E-state index is 13.7. The molecular weight excluding hydrogens is 538 g/mol. The monoisotopic (exact) mass is 571 g/mol. The largest absolute Gasteiger partial charge is 0.465 e. The molecule has 0 radical (unpaired) electrons. The molecule has 0 spiro atoms. The van der Waals surface area contributed by atoms with Crippen LogP contribution in [-0.2, 0) is 35.7 Å². The van der Waals surface area contributed by atoms with Crippen LogP contribution in [0.15, 0.2) is 71.9 Å². The van der Waals surface area contributed by atoms with Crippen LogP contribution in [0.4, 0.5) is 4.79 Å². The summed E-state index contributed by atoms with van der Waals surface area (Å²) in [6.07, 6.45) is 2.58. The van der Waals surface area contributed by atoms with Crippen LogP contribution in [0.25, 0.3) is 0 Å². The minimum atomic E-state index is -4.07. The molecule has 12 nitrogen and oxygen atoms in total. The molecule has 1 aliphatic heterocycles. The number of likely N-dealkylation sites (N-methyl/N-ethyl adjacent to an activating group) is 1. The van der Waals surface area contributed by atoms with E-state index >= 15 is 0 Å². The van der Waals surface area contributed by atoms with Gasteiger partial charge in [0.15, 0.2) is 0 Å². The first-order chi connectivity index (χ1) is 19.1. The SMILES string of the molecule is CCOC(=O)CN1C=CN(C(=O)OCc2ccccc2)[C@@H](C(CC=N)N(C)NS(=O)(=O)c2ccc(C)cc2)C1=O. The van der Waals surface area contributed by atoms with E-state index in [-0.39, 0.29) is 24.5 Å². The van der Waals surface area contributed by atoms with E-state index in [9.17, 15) is 22.8 Å². The average Bonchev–Trinajstić information content (AvgIpc) is 2.92. The highest BCUT2D eigenvalue weighted by Gasteiger charge is 2.43. The number of benzene rings is 2. The van der Waals surface area contributed by atoms with Crippen molar-refractivity contribution in [1.29, 1.82) is 5.41 Å². The van der Waals surface area contributed by atoms with Crippen molar-refractivity contribution in [2.24, 2.45) is 0 Å². The number of carbonyl (C=O) groups is 3. The fourth-order valence-corrected chi connectivity index (χ4v) is 5.16. The van der Waals surface area contributed by atoms with E-state index in [1.165, 1.54) is 36.6 Å². The van der Waals surface area contributed by atoms with Gasteiger partial charge in [0.2, 0.25) is 0 Å². The minimum absolute atomic E-state index is 0.00326. The highest BCUT2D eigenvalue weighted by Crippen LogP contribution is 2.23. The number of sulfonamides is 1. The highest BCUT2D eigenvalue weighted by atomic mass is 32.2. The molecule has 13 heteroatoms. The van der Waals surface area contributed by atoms with E-state index in [0.29, 0.717) is 0 Å². The van der Waals surface area contributed by atoms with E-state index in [4.69, 9.17) is 14.9 Å². The Morgan fingerprint density at radius 1 is 1.10 bits per heavy atom. The highest BCUT2D eigenvalue weighted by molar-refractivity contribution is 7.89. The molecule has 0 saturated heterocycles. The number of carbonyl (C=O) groups excluding carboxylic acids is 3. The van der Waals surface area contributed by atoms with Crippen LogP contribution in [0.2, 0.25) is 0 Å². The van der Waals surface area contributed by atoms with Crippen molar-refractivity contribution in [2.45, 2.75) is 43.9 Å². The van der Waals surface area contributed by atoms with Gasteiger partial charge in [-0.25, -0.2) is 18.2 Å². The number of nitrogens with one attached hydrogen (secondary N) is 2. The first-order valence-electron chi connectivity index (χ1n) is 12.5. The molecule has 0 saturated carbocycles. The predicted molar refractivity (Wildman–Crippen MR) is 146 cm³/mol. The standard InChI is InChI=1S/C27H33N5O7S/c1-4-38-24(33)18-31-16-17-32(27(35)39-19-21-8-6-5-7-9-21)25(26(31)34)23(14-15-28)30(3)29-40(36,37)22-12-10-20(2)11-13-22/h5-13,15-17,23,25,28-29H,4,14,18-19H2,1-3H3/t23?,25-/m0/s1. The summed E-state index contributed by atoms with van der Waals surface area (Å²) in [6.45, 7) is 3.09. The maximum Gasteiger partial charge on any atom is 0.415 e. The molecule has 2 aromatic carbocycles. The van der Waals surface area contributed by atoms with E-state index in [2.05, 4.69) is 4.83 Å². The van der Waals surface area contributed by atoms with Gasteiger partial charge in [0.05, 0.1) is 17.5 Å². The van der Waals surface area contributed by atoms with Crippen LogP contribution in [0.3, 0.4) is 0 Å². The van der Waals surface area contributed by atoms with Crippen molar-refractivity contribution in [1.82, 2.24) is 19.6 Å². The average molecular weight is 572 g/mol. The Kier molecular flexibility index (Phi) is 10.5. The Bertz CT molecular complexity index is 1330. The van der Waals surface area contributed by atoms with Gasteiger partial charge in [0, 0.05) is 25.9 Å². The number of ether oxygens (including phenoxy) is 2. The number of esters is 1. The topological polar surface area (TPSA) is 149 Å². The lowest BCUT2D eigenvalue weighted by molar-refractivity contribution is -0.149. The summed E-state index contributed by atoms with van der Waals surface area (Å²) in [7, 11) is -2.67. The minimum Gasteiger partial charge on any atom is -0.465 e. The van der Waals surface area contributed by atoms with Crippen molar-refractivity contribution in [3.63, 3.8) is 0 Å². The number of hydrazine groups is 1. The van der Waals surface area contributed by atoms with Gasteiger partial charge in [-0.15, -0.1) is 4.83 Å². The van der Waals surface area contributed by atoms with Gasteiger partial charge in [0.25, 0.3) is 15.9 Å². The molecule has 0 fully saturated rings. The molecule has 0 bridgehead atoms. The second-order valence-corrected chi connectivity index (χ2v) is 10.6. The predicted octanol–water partition coefficient (Wildman–Crippen LogP) is 2.41. The van der Waals surface area contributed by atoms with Crippen LogP contribution in [-0.4, -0.2) is 79.7 Å². The molecular formula is C27H33N5O7S. The molecule has 3 rings (SSSR count). The van der Waals surface area contributed by atoms with E-state index in [1.54, 1.807) is 43.3 Å². The Labute approximate surface area is 233 Å². The van der Waals surface area contributed by atoms with Crippen LogP contribution in [0.5, 0.6) is 0 Å². The lowest BCUT2D eigenvalue weighted by Crippen LogP contribution is -2.63. The number of rotatable bonds is 12. The van der Waals surface area contributed by atoms with Crippen LogP contribution in [0, 0.1) is 12.3 Å². The molecule has 1 unspecified atom stereocenters. The molecule has 2 aromatic rings. The van der Waals surface area contributed by atoms with Gasteiger partial charge in [-0.3, -0.25) is 14.5 Å². The third kappa shape index (κ3) is 7.74. The van der Waals surface area contributed by atoms with Gasteiger partial charge in [-0.1, -0.05) is 48.0 Å². The number of hydrogen-bond acceptors (Lipinski definition) is 9. The van der Waals surface area contributed by atoms with Crippen LogP contribution < -0.4 is 4.83 Å². The lowest BCUT2D eigenvalue weighted by Gasteiger charge is -2.41. The summed E-state index contributed by atoms with van der Waals surface area (Å²) in [5.41, 5.74) is 1.60. The smallest absolute Gasteiger partial charge is 0.415 e. The fourth-order valence-electron chi connectivity index (χ4n) is 4.05. The van der Waals surface area contributed by atoms with Gasteiger partial charge in [-0.05, 0) is 37.8 Å². The van der Waals surface area contributed by atoms with Crippen LogP contribution in [0.1, 0.15) is 24.5 Å². The quantitative estimate of drug-likeness (QED) is 0.224. The summed E-state index contributed by atoms with van der Waals surface area (Å²) >= 11 is 0. The number of nitrogens with zero attached hydrogens (tertiary/aromatic N) is 3. The van der Waals surface area contributed by atoms with Crippen LogP contribution >= 0.6 is 0 Å². The van der Waals surface area contributed by atoms with Crippen molar-refractivity contribution >= 4 is 34.2 Å². The van der Waals surface area contributed by atoms with E-state index in [0.717, 1.165) is 27.1 Å². The normalized spacial score (nSPS) is 16.1. The number of hydrogen-bond donors (Lipinski definition) is 2. The first kappa shape index (κ1) is 30.5. The molecule has 0 aromatic heterocycles. The Balaban J connectivity index is 1.92. The molecule has 0 aliphatic carbocycles. The second kappa shape index (κ2) is 13.8. The number of amides is 2. The Morgan fingerprint density at radius 3 is 2.40 bits per heavy atom. The van der Waals surface area contributed by atoms with Gasteiger partial charge in [-0.2, -0.15) is 0 Å². The number of aryl methyl sites for hydroxylation is 1. The van der Waals surface area contributed by atoms with Gasteiger partial charge >= 0.3 is 12.1 Å². The molecule has 2 atom stereocenters. The van der Waals surface area contributed by atoms with E-state index < -0.39 is 46.6 Å². The van der Waals surface area contributed by atoms with Crippen molar-refractivity contribution < 1.29 is 32.3 Å². The second-order valence-electron chi connectivity index (χ2n) is 8.99. The fraction of sp³-hybridized carbons (Fsp3) is 0.333. The Hall–Kier alpha value is -4.07. The van der Waals surface area contributed by atoms with Crippen molar-refractivity contribution in [2.75, 3.05) is 20.2 Å². The van der Waals surface area contributed by atoms with Gasteiger partial charge in [0.1, 0.15) is 19.2 Å². The zero-order chi connectivity index (χ0) is 29.3. The first-order valence-corrected chi connectivity index (χ1v) is 14.0. The third-order valence-corrected chi connectivity index (χ3v) is 7.50. The molecule has 2 amide bonds. The zero-order valence-corrected chi connectivity index (χ0v) is 23.3. The van der Waals surface area contributed by atoms with Crippen molar-refractivity contribution in [3.8, 4) is 0 Å². The summed E-state index contributed by atoms with van der Waals surface area (Å²) in [4.78, 5) is 43.6. The summed E-state index contributed by atoms with van der Waals surface area (Å²) < 4.78 is 36.6. The van der Waals surface area contributed by atoms with Crippen molar-refractivity contribution in [3.05, 3.63) is 78.1 Å². The summed E-state index contributed by atoms with van der Waals surface area (Å²) in [5.74, 6) is -1.34. The molecule has 2 N–H and O–H groups in total. The van der Waals surface area contributed by atoms with E-state index in [1.807, 2.05) is 13.0 Å². The molecule has 1 aliphatic rings. The molecule has 1 heterocycles. The third-order valence-electron chi connectivity index (χ3n) is 6.08. The zero-order valence-electron chi connectivity index (χ0n) is 22.5.